The van der Waals surface area contributed by atoms with Gasteiger partial charge in [0.05, 0.1) is 26.2 Å². The Balaban J connectivity index is 1.61. The molecule has 32 heavy (non-hydrogen) atoms. The van der Waals surface area contributed by atoms with Crippen molar-refractivity contribution in [1.82, 2.24) is 15.2 Å². The average Bonchev–Trinajstić information content (AvgIpc) is 3.32. The number of pyridine rings is 1. The predicted octanol–water partition coefficient (Wildman–Crippen LogP) is 5.24. The van der Waals surface area contributed by atoms with E-state index in [0.717, 1.165) is 22.2 Å². The van der Waals surface area contributed by atoms with Crippen LogP contribution < -0.4 is 15.6 Å². The summed E-state index contributed by atoms with van der Waals surface area (Å²) < 4.78 is 5.34. The van der Waals surface area contributed by atoms with Crippen LogP contribution in [-0.4, -0.2) is 22.1 Å². The Kier molecular flexibility index (Phi) is 6.87. The second-order valence-electron chi connectivity index (χ2n) is 7.59. The number of hydrogen-bond donors (Lipinski definition) is 2. The Hall–Kier alpha value is -3.16. The van der Waals surface area contributed by atoms with Gasteiger partial charge in [0.25, 0.3) is 5.56 Å². The number of thiocarbonyl (C=S) groups is 1. The second-order valence-corrected chi connectivity index (χ2v) is 9.01. The van der Waals surface area contributed by atoms with Gasteiger partial charge in [-0.3, -0.25) is 4.79 Å². The van der Waals surface area contributed by atoms with Crippen molar-refractivity contribution >= 4 is 39.6 Å². The Bertz CT molecular complexity index is 1250. The van der Waals surface area contributed by atoms with Crippen molar-refractivity contribution in [3.8, 4) is 5.75 Å². The highest BCUT2D eigenvalue weighted by atomic mass is 32.1. The fraction of sp³-hybridized carbons (Fsp3) is 0.200. The molecule has 0 spiro atoms. The molecule has 1 atom stereocenters. The van der Waals surface area contributed by atoms with Gasteiger partial charge in [-0.25, -0.2) is 0 Å². The number of aromatic nitrogens is 1. The van der Waals surface area contributed by atoms with Crippen molar-refractivity contribution in [1.29, 1.82) is 0 Å². The molecule has 0 amide bonds. The summed E-state index contributed by atoms with van der Waals surface area (Å²) in [7, 11) is 1.63. The van der Waals surface area contributed by atoms with Gasteiger partial charge in [-0.15, -0.1) is 11.3 Å². The van der Waals surface area contributed by atoms with Crippen molar-refractivity contribution in [2.75, 3.05) is 7.11 Å². The third kappa shape index (κ3) is 5.18. The maximum absolute atomic E-state index is 12.8. The fourth-order valence-electron chi connectivity index (χ4n) is 3.57. The van der Waals surface area contributed by atoms with E-state index >= 15 is 0 Å². The molecule has 2 aromatic heterocycles. The first kappa shape index (κ1) is 22.0. The topological polar surface area (TPSA) is 57.4 Å². The first-order chi connectivity index (χ1) is 15.5. The molecule has 0 aliphatic rings. The number of nitrogens with zero attached hydrogens (tertiary/aromatic N) is 1. The van der Waals surface area contributed by atoms with E-state index < -0.39 is 0 Å². The van der Waals surface area contributed by atoms with E-state index in [-0.39, 0.29) is 11.6 Å². The molecule has 4 aromatic rings. The van der Waals surface area contributed by atoms with Crippen molar-refractivity contribution in [3.63, 3.8) is 0 Å². The van der Waals surface area contributed by atoms with Gasteiger partial charge in [-0.05, 0) is 60.4 Å². The van der Waals surface area contributed by atoms with E-state index in [1.165, 1.54) is 4.88 Å². The number of thiophene rings is 1. The van der Waals surface area contributed by atoms with Crippen LogP contribution in [0.4, 0.5) is 0 Å². The molecule has 0 radical (unpaired) electrons. The molecule has 0 aliphatic carbocycles. The van der Waals surface area contributed by atoms with E-state index in [1.807, 2.05) is 58.8 Å². The molecule has 0 saturated heterocycles. The van der Waals surface area contributed by atoms with E-state index in [9.17, 15) is 4.79 Å². The summed E-state index contributed by atoms with van der Waals surface area (Å²) in [4.78, 5) is 19.0. The van der Waals surface area contributed by atoms with Gasteiger partial charge in [-0.2, -0.15) is 0 Å². The summed E-state index contributed by atoms with van der Waals surface area (Å²) in [5, 5.41) is 7.01. The number of benzene rings is 2. The van der Waals surface area contributed by atoms with Crippen LogP contribution >= 0.6 is 23.6 Å². The molecule has 0 fully saturated rings. The quantitative estimate of drug-likeness (QED) is 0.367. The molecule has 2 heterocycles. The average molecular weight is 464 g/mol. The highest BCUT2D eigenvalue weighted by molar-refractivity contribution is 7.80. The van der Waals surface area contributed by atoms with Crippen LogP contribution in [0.1, 0.15) is 29.0 Å². The Morgan fingerprint density at radius 3 is 2.66 bits per heavy atom. The van der Waals surface area contributed by atoms with Crippen LogP contribution in [0.5, 0.6) is 5.75 Å². The molecule has 0 unspecified atom stereocenters. The molecular weight excluding hydrogens is 438 g/mol. The monoisotopic (exact) mass is 463 g/mol. The highest BCUT2D eigenvalue weighted by Gasteiger charge is 2.17. The van der Waals surface area contributed by atoms with Crippen molar-refractivity contribution in [3.05, 3.63) is 98.5 Å². The van der Waals surface area contributed by atoms with Gasteiger partial charge in [0.15, 0.2) is 5.11 Å². The van der Waals surface area contributed by atoms with Crippen molar-refractivity contribution in [2.24, 2.45) is 0 Å². The minimum absolute atomic E-state index is 0.0497. The Labute approximate surface area is 196 Å². The largest absolute Gasteiger partial charge is 0.497 e. The third-order valence-corrected chi connectivity index (χ3v) is 6.58. The minimum atomic E-state index is -0.113. The normalized spacial score (nSPS) is 11.8. The maximum atomic E-state index is 12.8. The maximum Gasteiger partial charge on any atom is 0.253 e. The van der Waals surface area contributed by atoms with Gasteiger partial charge < -0.3 is 19.9 Å². The third-order valence-electron chi connectivity index (χ3n) is 5.34. The molecule has 164 valence electrons. The van der Waals surface area contributed by atoms with Crippen LogP contribution in [-0.2, 0) is 13.1 Å². The van der Waals surface area contributed by atoms with Gasteiger partial charge in [0.1, 0.15) is 5.75 Å². The molecule has 4 rings (SSSR count). The number of H-pyrrole nitrogens is 1. The van der Waals surface area contributed by atoms with Gasteiger partial charge in [0.2, 0.25) is 0 Å². The number of methoxy groups -OCH3 is 1. The number of fused-ring (bicyclic) bond motifs is 1. The predicted molar refractivity (Wildman–Crippen MR) is 135 cm³/mol. The number of hydrogen-bond acceptors (Lipinski definition) is 4. The lowest BCUT2D eigenvalue weighted by molar-refractivity contribution is 0.395. The summed E-state index contributed by atoms with van der Waals surface area (Å²) in [5.41, 5.74) is 2.47. The highest BCUT2D eigenvalue weighted by Crippen LogP contribution is 2.21. The lowest BCUT2D eigenvalue weighted by Crippen LogP contribution is -2.40. The molecule has 5 nitrogen and oxygen atoms in total. The molecular formula is C25H25N3O2S2. The van der Waals surface area contributed by atoms with Gasteiger partial charge in [-0.1, -0.05) is 36.4 Å². The minimum Gasteiger partial charge on any atom is -0.497 e. The summed E-state index contributed by atoms with van der Waals surface area (Å²) in [6.07, 6.45) is 0. The van der Waals surface area contributed by atoms with E-state index in [4.69, 9.17) is 17.0 Å². The number of rotatable bonds is 7. The van der Waals surface area contributed by atoms with E-state index in [2.05, 4.69) is 35.4 Å². The zero-order chi connectivity index (χ0) is 22.5. The van der Waals surface area contributed by atoms with Gasteiger partial charge in [0, 0.05) is 21.3 Å². The van der Waals surface area contributed by atoms with Crippen LogP contribution in [0, 0.1) is 0 Å². The molecule has 0 aliphatic heterocycles. The zero-order valence-electron chi connectivity index (χ0n) is 18.0. The number of nitrogens with one attached hydrogen (secondary N) is 2. The van der Waals surface area contributed by atoms with Crippen molar-refractivity contribution in [2.45, 2.75) is 26.1 Å². The number of ether oxygens (including phenoxy) is 1. The van der Waals surface area contributed by atoms with Crippen LogP contribution in [0.2, 0.25) is 0 Å². The zero-order valence-corrected chi connectivity index (χ0v) is 19.6. The summed E-state index contributed by atoms with van der Waals surface area (Å²) in [6, 6.07) is 21.9. The standard InChI is InChI=1S/C25H25N3O2S2/c1-17(18-7-4-3-5-8-18)26-25(31)28(16-22-9-6-12-32-22)15-20-13-19-14-21(30-2)10-11-23(19)27-24(20)29/h3-14,17H,15-16H2,1-2H3,(H,26,31)(H,27,29)/t17-/m1/s1. The summed E-state index contributed by atoms with van der Waals surface area (Å²) in [5.74, 6) is 0.750. The molecule has 0 saturated carbocycles. The first-order valence-corrected chi connectivity index (χ1v) is 11.6. The van der Waals surface area contributed by atoms with Crippen LogP contribution in [0.3, 0.4) is 0 Å². The molecule has 0 bridgehead atoms. The van der Waals surface area contributed by atoms with Gasteiger partial charge >= 0.3 is 0 Å². The Morgan fingerprint density at radius 1 is 1.12 bits per heavy atom. The lowest BCUT2D eigenvalue weighted by atomic mass is 10.1. The van der Waals surface area contributed by atoms with E-state index in [0.29, 0.717) is 23.8 Å². The summed E-state index contributed by atoms with van der Waals surface area (Å²) in [6.45, 7) is 3.11. The lowest BCUT2D eigenvalue weighted by Gasteiger charge is -2.28. The van der Waals surface area contributed by atoms with E-state index in [1.54, 1.807) is 18.4 Å². The SMILES string of the molecule is COc1ccc2[nH]c(=O)c(CN(Cc3cccs3)C(=S)N[C@H](C)c3ccccc3)cc2c1. The van der Waals surface area contributed by atoms with Crippen molar-refractivity contribution < 1.29 is 4.74 Å². The fourth-order valence-corrected chi connectivity index (χ4v) is 4.60. The smallest absolute Gasteiger partial charge is 0.253 e. The molecule has 7 heteroatoms. The molecule has 2 aromatic carbocycles. The first-order valence-electron chi connectivity index (χ1n) is 10.4. The number of aromatic amines is 1. The second kappa shape index (κ2) is 9.97. The van der Waals surface area contributed by atoms with Crippen LogP contribution in [0.25, 0.3) is 10.9 Å². The van der Waals surface area contributed by atoms with Crippen LogP contribution in [0.15, 0.2) is 76.9 Å². The Morgan fingerprint density at radius 2 is 1.94 bits per heavy atom. The molecule has 2 N–H and O–H groups in total. The summed E-state index contributed by atoms with van der Waals surface area (Å²) >= 11 is 7.46.